The second-order valence-electron chi connectivity index (χ2n) is 3.43. The number of rotatable bonds is 10. The monoisotopic (exact) mass is 330 g/mol. The molecule has 0 rings (SSSR count). The lowest BCUT2D eigenvalue weighted by molar-refractivity contribution is 0.211. The van der Waals surface area contributed by atoms with Crippen LogP contribution in [-0.2, 0) is 8.85 Å². The van der Waals surface area contributed by atoms with Gasteiger partial charge in [0.25, 0.3) is 0 Å². The van der Waals surface area contributed by atoms with Crippen molar-refractivity contribution in [3.63, 3.8) is 0 Å². The maximum absolute atomic E-state index is 5.63. The average molecular weight is 330 g/mol. The van der Waals surface area contributed by atoms with Crippen LogP contribution in [0, 0.1) is 0 Å². The van der Waals surface area contributed by atoms with Crippen LogP contribution in [0.25, 0.3) is 0 Å². The maximum atomic E-state index is 5.63. The topological polar surface area (TPSA) is 18.5 Å². The molecule has 14 heavy (non-hydrogen) atoms. The third-order valence-corrected chi connectivity index (χ3v) is 5.15. The van der Waals surface area contributed by atoms with Gasteiger partial charge in [-0.05, 0) is 12.8 Å². The summed E-state index contributed by atoms with van der Waals surface area (Å²) in [7, 11) is 0. The zero-order valence-electron chi connectivity index (χ0n) is 9.43. The third-order valence-electron chi connectivity index (χ3n) is 1.99. The molecule has 86 valence electrons. The van der Waals surface area contributed by atoms with Gasteiger partial charge in [-0.1, -0.05) is 61.3 Å². The van der Waals surface area contributed by atoms with Crippen molar-refractivity contribution in [1.29, 1.82) is 0 Å². The lowest BCUT2D eigenvalue weighted by Gasteiger charge is -2.10. The minimum atomic E-state index is -1.32. The van der Waals surface area contributed by atoms with Gasteiger partial charge in [0.1, 0.15) is 0 Å². The van der Waals surface area contributed by atoms with Crippen LogP contribution in [0.4, 0.5) is 0 Å². The van der Waals surface area contributed by atoms with Crippen LogP contribution in [-0.4, -0.2) is 20.0 Å². The zero-order valence-corrected chi connectivity index (χ0v) is 12.7. The zero-order chi connectivity index (χ0) is 10.6. The lowest BCUT2D eigenvalue weighted by atomic mass is 10.3. The molecule has 0 aliphatic rings. The van der Waals surface area contributed by atoms with Gasteiger partial charge in [0.05, 0.1) is 0 Å². The van der Waals surface area contributed by atoms with Gasteiger partial charge in [-0.15, -0.1) is 0 Å². The molecule has 4 heteroatoms. The quantitative estimate of drug-likeness (QED) is 0.264. The molecule has 0 radical (unpaired) electrons. The highest BCUT2D eigenvalue weighted by Gasteiger charge is 2.06. The minimum Gasteiger partial charge on any atom is -0.389 e. The molecule has 0 unspecified atom stereocenters. The first-order valence-corrected chi connectivity index (χ1v) is 10.8. The van der Waals surface area contributed by atoms with Crippen molar-refractivity contribution in [2.24, 2.45) is 0 Å². The summed E-state index contributed by atoms with van der Waals surface area (Å²) in [5, 5.41) is 0. The lowest BCUT2D eigenvalue weighted by Crippen LogP contribution is -2.16. The fraction of sp³-hybridized carbons (Fsp3) is 1.00. The van der Waals surface area contributed by atoms with Crippen LogP contribution in [0.1, 0.15) is 52.4 Å². The summed E-state index contributed by atoms with van der Waals surface area (Å²) in [5.74, 6) is 0. The van der Waals surface area contributed by atoms with Crippen LogP contribution >= 0.6 is 21.8 Å². The maximum Gasteiger partial charge on any atom is 0.391 e. The molecule has 0 aromatic carbocycles. The summed E-state index contributed by atoms with van der Waals surface area (Å²) in [4.78, 5) is 0. The highest BCUT2D eigenvalue weighted by atomic mass is 127. The Morgan fingerprint density at radius 3 is 1.64 bits per heavy atom. The van der Waals surface area contributed by atoms with Crippen molar-refractivity contribution in [2.45, 2.75) is 52.4 Å². The fourth-order valence-electron chi connectivity index (χ4n) is 1.10. The Bertz CT molecular complexity index is 102. The molecule has 0 saturated heterocycles. The minimum absolute atomic E-state index is 0.890. The molecule has 0 fully saturated rings. The Balaban J connectivity index is 3.07. The van der Waals surface area contributed by atoms with E-state index in [0.29, 0.717) is 0 Å². The van der Waals surface area contributed by atoms with E-state index in [0.717, 1.165) is 13.2 Å². The second kappa shape index (κ2) is 11.9. The predicted octanol–water partition coefficient (Wildman–Crippen LogP) is 3.55. The number of hydrogen-bond donors (Lipinski definition) is 0. The third kappa shape index (κ3) is 10.9. The molecule has 0 aromatic rings. The molecule has 0 aliphatic heterocycles. The second-order valence-corrected chi connectivity index (χ2v) is 7.70. The predicted molar refractivity (Wildman–Crippen MR) is 72.1 cm³/mol. The Morgan fingerprint density at radius 2 is 1.29 bits per heavy atom. The molecule has 0 atom stereocenters. The van der Waals surface area contributed by atoms with E-state index in [2.05, 4.69) is 35.6 Å². The summed E-state index contributed by atoms with van der Waals surface area (Å²) >= 11 is 2.34. The molecule has 2 nitrogen and oxygen atoms in total. The van der Waals surface area contributed by atoms with Gasteiger partial charge >= 0.3 is 6.78 Å². The molecule has 0 N–H and O–H groups in total. The van der Waals surface area contributed by atoms with Gasteiger partial charge in [-0.25, -0.2) is 0 Å². The van der Waals surface area contributed by atoms with E-state index in [4.69, 9.17) is 8.85 Å². The van der Waals surface area contributed by atoms with Crippen LogP contribution < -0.4 is 0 Å². The normalized spacial score (nSPS) is 11.1. The fourth-order valence-corrected chi connectivity index (χ4v) is 3.43. The van der Waals surface area contributed by atoms with Gasteiger partial charge in [0.15, 0.2) is 0 Å². The van der Waals surface area contributed by atoms with E-state index in [-0.39, 0.29) is 0 Å². The van der Waals surface area contributed by atoms with Crippen molar-refractivity contribution < 1.29 is 8.85 Å². The van der Waals surface area contributed by atoms with Gasteiger partial charge < -0.3 is 8.85 Å². The SMILES string of the molecule is CCCCCO[SiH](I)OCCCCC. The van der Waals surface area contributed by atoms with Gasteiger partial charge in [0.2, 0.25) is 0 Å². The average Bonchev–Trinajstić information content (AvgIpc) is 2.19. The molecule has 0 spiro atoms. The first-order valence-electron chi connectivity index (χ1n) is 5.68. The molecule has 0 heterocycles. The van der Waals surface area contributed by atoms with Gasteiger partial charge in [0, 0.05) is 13.2 Å². The van der Waals surface area contributed by atoms with E-state index in [1.165, 1.54) is 38.5 Å². The highest BCUT2D eigenvalue weighted by molar-refractivity contribution is 14.1. The summed E-state index contributed by atoms with van der Waals surface area (Å²) in [6.07, 6.45) is 7.42. The first kappa shape index (κ1) is 14.9. The van der Waals surface area contributed by atoms with E-state index in [1.807, 2.05) is 0 Å². The summed E-state index contributed by atoms with van der Waals surface area (Å²) in [5.41, 5.74) is 0. The molecular weight excluding hydrogens is 307 g/mol. The van der Waals surface area contributed by atoms with Crippen LogP contribution in [0.15, 0.2) is 0 Å². The summed E-state index contributed by atoms with van der Waals surface area (Å²) < 4.78 is 11.3. The summed E-state index contributed by atoms with van der Waals surface area (Å²) in [6, 6.07) is 0. The standard InChI is InChI=1S/C10H23IO2Si/c1-3-5-7-9-12-14(11)13-10-8-6-4-2/h14H,3-10H2,1-2H3. The molecule has 0 bridgehead atoms. The van der Waals surface area contributed by atoms with E-state index >= 15 is 0 Å². The van der Waals surface area contributed by atoms with Crippen molar-refractivity contribution >= 4 is 28.6 Å². The largest absolute Gasteiger partial charge is 0.391 e. The van der Waals surface area contributed by atoms with Crippen LogP contribution in [0.2, 0.25) is 0 Å². The van der Waals surface area contributed by atoms with Crippen molar-refractivity contribution in [1.82, 2.24) is 0 Å². The van der Waals surface area contributed by atoms with Gasteiger partial charge in [-0.2, -0.15) is 0 Å². The smallest absolute Gasteiger partial charge is 0.389 e. The van der Waals surface area contributed by atoms with E-state index < -0.39 is 6.78 Å². The van der Waals surface area contributed by atoms with Crippen LogP contribution in [0.5, 0.6) is 0 Å². The molecule has 0 aliphatic carbocycles. The van der Waals surface area contributed by atoms with Crippen molar-refractivity contribution in [3.8, 4) is 0 Å². The molecule has 0 saturated carbocycles. The Labute approximate surface area is 103 Å². The molecular formula is C10H23IO2Si. The molecule has 0 aromatic heterocycles. The van der Waals surface area contributed by atoms with Crippen LogP contribution in [0.3, 0.4) is 0 Å². The van der Waals surface area contributed by atoms with E-state index in [1.54, 1.807) is 0 Å². The Morgan fingerprint density at radius 1 is 0.857 bits per heavy atom. The first-order chi connectivity index (χ1) is 6.81. The van der Waals surface area contributed by atoms with Crippen molar-refractivity contribution in [3.05, 3.63) is 0 Å². The van der Waals surface area contributed by atoms with Gasteiger partial charge in [-0.3, -0.25) is 0 Å². The van der Waals surface area contributed by atoms with E-state index in [9.17, 15) is 0 Å². The summed E-state index contributed by atoms with van der Waals surface area (Å²) in [6.45, 7) is 4.88. The number of hydrogen-bond acceptors (Lipinski definition) is 2. The number of halogens is 1. The Kier molecular flexibility index (Phi) is 12.7. The Hall–Kier alpha value is 0.867. The molecule has 0 amide bonds. The number of unbranched alkanes of at least 4 members (excludes halogenated alkanes) is 4. The van der Waals surface area contributed by atoms with Crippen molar-refractivity contribution in [2.75, 3.05) is 13.2 Å². The highest BCUT2D eigenvalue weighted by Crippen LogP contribution is 2.04.